The van der Waals surface area contributed by atoms with Crippen LogP contribution in [0.3, 0.4) is 0 Å². The van der Waals surface area contributed by atoms with Gasteiger partial charge in [0.2, 0.25) is 5.91 Å². The summed E-state index contributed by atoms with van der Waals surface area (Å²) in [5.74, 6) is -2.05. The lowest BCUT2D eigenvalue weighted by Gasteiger charge is -2.10. The molecule has 156 valence electrons. The van der Waals surface area contributed by atoms with E-state index in [0.29, 0.717) is 10.9 Å². The van der Waals surface area contributed by atoms with Gasteiger partial charge in [-0.25, -0.2) is 0 Å². The van der Waals surface area contributed by atoms with Gasteiger partial charge in [0.25, 0.3) is 11.8 Å². The lowest BCUT2D eigenvalue weighted by atomic mass is 10.1. The van der Waals surface area contributed by atoms with Crippen molar-refractivity contribution in [2.45, 2.75) is 19.1 Å². The average molecular weight is 419 g/mol. The van der Waals surface area contributed by atoms with E-state index in [9.17, 15) is 27.6 Å². The summed E-state index contributed by atoms with van der Waals surface area (Å²) in [6.45, 7) is 1.43. The van der Waals surface area contributed by atoms with Crippen molar-refractivity contribution in [3.05, 3.63) is 59.3 Å². The van der Waals surface area contributed by atoms with E-state index < -0.39 is 35.5 Å². The second-order valence-electron chi connectivity index (χ2n) is 6.46. The molecule has 1 aromatic heterocycles. The first kappa shape index (κ1) is 20.8. The summed E-state index contributed by atoms with van der Waals surface area (Å²) in [4.78, 5) is 35.6. The highest BCUT2D eigenvalue weighted by molar-refractivity contribution is 6.08. The first-order valence-electron chi connectivity index (χ1n) is 8.63. The number of primary amides is 1. The van der Waals surface area contributed by atoms with Gasteiger partial charge in [0.15, 0.2) is 5.69 Å². The Morgan fingerprint density at radius 3 is 2.50 bits per heavy atom. The van der Waals surface area contributed by atoms with E-state index in [-0.39, 0.29) is 16.9 Å². The zero-order valence-electron chi connectivity index (χ0n) is 15.5. The van der Waals surface area contributed by atoms with Crippen LogP contribution in [0.4, 0.5) is 18.9 Å². The third-order valence-electron chi connectivity index (χ3n) is 4.26. The van der Waals surface area contributed by atoms with Gasteiger partial charge in [-0.2, -0.15) is 18.3 Å². The largest absolute Gasteiger partial charge is 0.416 e. The molecule has 3 rings (SSSR count). The topological polar surface area (TPSA) is 130 Å². The summed E-state index contributed by atoms with van der Waals surface area (Å²) in [5, 5.41) is 11.8. The van der Waals surface area contributed by atoms with Crippen LogP contribution >= 0.6 is 0 Å². The summed E-state index contributed by atoms with van der Waals surface area (Å²) in [5.41, 5.74) is 4.73. The fourth-order valence-electron chi connectivity index (χ4n) is 2.65. The summed E-state index contributed by atoms with van der Waals surface area (Å²) in [7, 11) is 0. The van der Waals surface area contributed by atoms with Crippen molar-refractivity contribution in [3.8, 4) is 0 Å². The minimum absolute atomic E-state index is 0.0221. The van der Waals surface area contributed by atoms with E-state index in [1.807, 2.05) is 0 Å². The maximum absolute atomic E-state index is 12.8. The SMILES string of the molecule is C[C@H](NC(=O)c1n[nH]c2cc(NC(=O)c3cccc(C(F)(F)F)c3)ccc12)C(N)=O. The number of halogens is 3. The van der Waals surface area contributed by atoms with Gasteiger partial charge in [0, 0.05) is 16.6 Å². The van der Waals surface area contributed by atoms with Gasteiger partial charge in [-0.3, -0.25) is 19.5 Å². The molecule has 0 spiro atoms. The Morgan fingerprint density at radius 2 is 1.83 bits per heavy atom. The smallest absolute Gasteiger partial charge is 0.368 e. The molecule has 0 saturated carbocycles. The summed E-state index contributed by atoms with van der Waals surface area (Å²) in [6, 6.07) is 7.60. The molecule has 11 heteroatoms. The summed E-state index contributed by atoms with van der Waals surface area (Å²) < 4.78 is 38.5. The number of fused-ring (bicyclic) bond motifs is 1. The third-order valence-corrected chi connectivity index (χ3v) is 4.26. The van der Waals surface area contributed by atoms with Gasteiger partial charge < -0.3 is 16.4 Å². The maximum Gasteiger partial charge on any atom is 0.416 e. The molecule has 0 unspecified atom stereocenters. The number of nitrogens with two attached hydrogens (primary N) is 1. The Morgan fingerprint density at radius 1 is 1.10 bits per heavy atom. The molecule has 0 bridgehead atoms. The second kappa shape index (κ2) is 7.85. The minimum atomic E-state index is -4.56. The second-order valence-corrected chi connectivity index (χ2v) is 6.46. The van der Waals surface area contributed by atoms with E-state index in [1.54, 1.807) is 0 Å². The van der Waals surface area contributed by atoms with Gasteiger partial charge in [0.1, 0.15) is 6.04 Å². The zero-order valence-corrected chi connectivity index (χ0v) is 15.5. The summed E-state index contributed by atoms with van der Waals surface area (Å²) in [6.07, 6.45) is -4.56. The number of aromatic nitrogens is 2. The average Bonchev–Trinajstić information content (AvgIpc) is 3.10. The number of hydrogen-bond acceptors (Lipinski definition) is 4. The number of carbonyl (C=O) groups excluding carboxylic acids is 3. The first-order valence-corrected chi connectivity index (χ1v) is 8.63. The number of H-pyrrole nitrogens is 1. The lowest BCUT2D eigenvalue weighted by molar-refractivity contribution is -0.137. The van der Waals surface area contributed by atoms with E-state index >= 15 is 0 Å². The van der Waals surface area contributed by atoms with Crippen molar-refractivity contribution >= 4 is 34.3 Å². The molecule has 0 radical (unpaired) electrons. The molecule has 0 fully saturated rings. The Labute approximate surface area is 167 Å². The number of amides is 3. The van der Waals surface area contributed by atoms with Gasteiger partial charge >= 0.3 is 6.18 Å². The van der Waals surface area contributed by atoms with Gasteiger partial charge in [-0.05, 0) is 43.3 Å². The number of aromatic amines is 1. The van der Waals surface area contributed by atoms with Crippen molar-refractivity contribution in [2.75, 3.05) is 5.32 Å². The highest BCUT2D eigenvalue weighted by Gasteiger charge is 2.31. The van der Waals surface area contributed by atoms with Crippen LogP contribution in [-0.4, -0.2) is 34.0 Å². The Balaban J connectivity index is 1.79. The Hall–Kier alpha value is -3.89. The molecule has 0 aliphatic heterocycles. The number of rotatable bonds is 5. The quantitative estimate of drug-likeness (QED) is 0.506. The fourth-order valence-corrected chi connectivity index (χ4v) is 2.65. The number of nitrogens with one attached hydrogen (secondary N) is 3. The van der Waals surface area contributed by atoms with E-state index in [1.165, 1.54) is 31.2 Å². The van der Waals surface area contributed by atoms with E-state index in [4.69, 9.17) is 5.73 Å². The number of nitrogens with zero attached hydrogens (tertiary/aromatic N) is 1. The van der Waals surface area contributed by atoms with Crippen LogP contribution in [0.15, 0.2) is 42.5 Å². The minimum Gasteiger partial charge on any atom is -0.368 e. The van der Waals surface area contributed by atoms with Crippen LogP contribution in [-0.2, 0) is 11.0 Å². The van der Waals surface area contributed by atoms with E-state index in [0.717, 1.165) is 18.2 Å². The Kier molecular flexibility index (Phi) is 5.45. The highest BCUT2D eigenvalue weighted by atomic mass is 19.4. The molecule has 1 heterocycles. The molecule has 1 atom stereocenters. The maximum atomic E-state index is 12.8. The molecule has 30 heavy (non-hydrogen) atoms. The fraction of sp³-hybridized carbons (Fsp3) is 0.158. The van der Waals surface area contributed by atoms with Crippen molar-refractivity contribution in [1.82, 2.24) is 15.5 Å². The van der Waals surface area contributed by atoms with Crippen LogP contribution in [0.1, 0.15) is 33.3 Å². The molecular formula is C19H16F3N5O3. The molecule has 0 aliphatic carbocycles. The first-order chi connectivity index (χ1) is 14.1. The van der Waals surface area contributed by atoms with Gasteiger partial charge in [-0.1, -0.05) is 6.07 Å². The summed E-state index contributed by atoms with van der Waals surface area (Å²) >= 11 is 0. The monoisotopic (exact) mass is 419 g/mol. The molecular weight excluding hydrogens is 403 g/mol. The van der Waals surface area contributed by atoms with Crippen LogP contribution in [0.25, 0.3) is 10.9 Å². The predicted octanol–water partition coefficient (Wildman–Crippen LogP) is 2.44. The molecule has 0 aliphatic rings. The predicted molar refractivity (Wildman–Crippen MR) is 102 cm³/mol. The third kappa shape index (κ3) is 4.40. The molecule has 3 aromatic rings. The lowest BCUT2D eigenvalue weighted by Crippen LogP contribution is -2.42. The molecule has 2 aromatic carbocycles. The number of benzene rings is 2. The van der Waals surface area contributed by atoms with Crippen molar-refractivity contribution < 1.29 is 27.6 Å². The van der Waals surface area contributed by atoms with Crippen LogP contribution in [0.2, 0.25) is 0 Å². The van der Waals surface area contributed by atoms with Gasteiger partial charge in [-0.15, -0.1) is 0 Å². The van der Waals surface area contributed by atoms with Crippen molar-refractivity contribution in [2.24, 2.45) is 5.73 Å². The van der Waals surface area contributed by atoms with Crippen molar-refractivity contribution in [3.63, 3.8) is 0 Å². The molecule has 5 N–H and O–H groups in total. The van der Waals surface area contributed by atoms with Crippen LogP contribution < -0.4 is 16.4 Å². The number of carbonyl (C=O) groups is 3. The normalized spacial score (nSPS) is 12.4. The highest BCUT2D eigenvalue weighted by Crippen LogP contribution is 2.29. The zero-order chi connectivity index (χ0) is 22.1. The van der Waals surface area contributed by atoms with E-state index in [2.05, 4.69) is 20.8 Å². The standard InChI is InChI=1S/C19H16F3N5O3/c1-9(16(23)28)24-18(30)15-13-6-5-12(8-14(13)26-27-15)25-17(29)10-3-2-4-11(7-10)19(20,21)22/h2-9H,1H3,(H2,23,28)(H,24,30)(H,25,29)(H,26,27)/t9-/m0/s1. The molecule has 0 saturated heterocycles. The van der Waals surface area contributed by atoms with Crippen molar-refractivity contribution in [1.29, 1.82) is 0 Å². The molecule has 3 amide bonds. The van der Waals surface area contributed by atoms with Crippen LogP contribution in [0, 0.1) is 0 Å². The number of alkyl halides is 3. The van der Waals surface area contributed by atoms with Crippen LogP contribution in [0.5, 0.6) is 0 Å². The Bertz CT molecular complexity index is 1140. The molecule has 8 nitrogen and oxygen atoms in total. The van der Waals surface area contributed by atoms with Gasteiger partial charge in [0.05, 0.1) is 11.1 Å². The number of anilines is 1. The number of hydrogen-bond donors (Lipinski definition) is 4.